The lowest BCUT2D eigenvalue weighted by Crippen LogP contribution is -2.43. The molecule has 0 bridgehead atoms. The van der Waals surface area contributed by atoms with E-state index in [0.717, 1.165) is 18.7 Å². The molecule has 1 fully saturated rings. The lowest BCUT2D eigenvalue weighted by atomic mass is 9.98. The fourth-order valence-electron chi connectivity index (χ4n) is 2.00. The maximum Gasteiger partial charge on any atom is 0.117 e. The highest BCUT2D eigenvalue weighted by molar-refractivity contribution is 8.00. The Morgan fingerprint density at radius 1 is 1.50 bits per heavy atom. The molecule has 1 heterocycles. The van der Waals surface area contributed by atoms with Gasteiger partial charge in [0.15, 0.2) is 0 Å². The Kier molecular flexibility index (Phi) is 3.52. The smallest absolute Gasteiger partial charge is 0.117 e. The standard InChI is InChI=1S/C13H16N2S/c1-11-7-13(9-14,10-16-11)15-8-12-5-3-2-4-6-12/h2-6,11,15H,7-8,10H2,1H3. The number of nitriles is 1. The molecule has 0 amide bonds. The third kappa shape index (κ3) is 2.58. The van der Waals surface area contributed by atoms with Gasteiger partial charge in [-0.25, -0.2) is 0 Å². The van der Waals surface area contributed by atoms with Crippen LogP contribution in [0.5, 0.6) is 0 Å². The van der Waals surface area contributed by atoms with Crippen molar-refractivity contribution in [3.8, 4) is 6.07 Å². The molecule has 1 aliphatic rings. The van der Waals surface area contributed by atoms with Gasteiger partial charge < -0.3 is 0 Å². The third-order valence-electron chi connectivity index (χ3n) is 2.94. The zero-order chi connectivity index (χ0) is 11.4. The van der Waals surface area contributed by atoms with Crippen molar-refractivity contribution in [1.29, 1.82) is 5.26 Å². The lowest BCUT2D eigenvalue weighted by Gasteiger charge is -2.21. The molecule has 1 saturated heterocycles. The first-order valence-electron chi connectivity index (χ1n) is 5.56. The molecule has 0 aliphatic carbocycles. The summed E-state index contributed by atoms with van der Waals surface area (Å²) in [6.45, 7) is 2.97. The van der Waals surface area contributed by atoms with Gasteiger partial charge >= 0.3 is 0 Å². The van der Waals surface area contributed by atoms with Crippen molar-refractivity contribution in [3.63, 3.8) is 0 Å². The predicted octanol–water partition coefficient (Wildman–Crippen LogP) is 2.56. The van der Waals surface area contributed by atoms with Gasteiger partial charge in [-0.15, -0.1) is 0 Å². The van der Waals surface area contributed by atoms with Gasteiger partial charge in [0.25, 0.3) is 0 Å². The molecule has 0 spiro atoms. The first kappa shape index (κ1) is 11.5. The Hall–Kier alpha value is -0.980. The van der Waals surface area contributed by atoms with Crippen LogP contribution in [0.1, 0.15) is 18.9 Å². The summed E-state index contributed by atoms with van der Waals surface area (Å²) in [6.07, 6.45) is 0.945. The largest absolute Gasteiger partial charge is 0.295 e. The Morgan fingerprint density at radius 3 is 2.81 bits per heavy atom. The summed E-state index contributed by atoms with van der Waals surface area (Å²) >= 11 is 1.88. The summed E-state index contributed by atoms with van der Waals surface area (Å²) in [5, 5.41) is 13.3. The van der Waals surface area contributed by atoms with Gasteiger partial charge in [0.1, 0.15) is 5.54 Å². The molecule has 1 aromatic carbocycles. The topological polar surface area (TPSA) is 35.8 Å². The van der Waals surface area contributed by atoms with Crippen LogP contribution in [0.4, 0.5) is 0 Å². The van der Waals surface area contributed by atoms with Gasteiger partial charge in [0, 0.05) is 17.5 Å². The van der Waals surface area contributed by atoms with Crippen molar-refractivity contribution in [3.05, 3.63) is 35.9 Å². The van der Waals surface area contributed by atoms with Crippen LogP contribution in [0.25, 0.3) is 0 Å². The second kappa shape index (κ2) is 4.90. The van der Waals surface area contributed by atoms with E-state index >= 15 is 0 Å². The fourth-order valence-corrected chi connectivity index (χ4v) is 3.26. The number of hydrogen-bond donors (Lipinski definition) is 1. The first-order chi connectivity index (χ1) is 7.74. The highest BCUT2D eigenvalue weighted by atomic mass is 32.2. The number of nitrogens with one attached hydrogen (secondary N) is 1. The molecular formula is C13H16N2S. The Balaban J connectivity index is 1.97. The van der Waals surface area contributed by atoms with Gasteiger partial charge in [-0.3, -0.25) is 5.32 Å². The molecule has 1 aliphatic heterocycles. The van der Waals surface area contributed by atoms with Gasteiger partial charge in [-0.2, -0.15) is 17.0 Å². The number of thioether (sulfide) groups is 1. The van der Waals surface area contributed by atoms with Gasteiger partial charge in [-0.05, 0) is 12.0 Å². The highest BCUT2D eigenvalue weighted by Crippen LogP contribution is 2.34. The number of nitrogens with zero attached hydrogens (tertiary/aromatic N) is 1. The molecular weight excluding hydrogens is 216 g/mol. The maximum atomic E-state index is 9.29. The molecule has 0 aromatic heterocycles. The summed E-state index contributed by atoms with van der Waals surface area (Å²) in [6, 6.07) is 12.7. The van der Waals surface area contributed by atoms with Crippen LogP contribution >= 0.6 is 11.8 Å². The molecule has 2 rings (SSSR count). The summed E-state index contributed by atoms with van der Waals surface area (Å²) in [5.74, 6) is 0.900. The van der Waals surface area contributed by atoms with Crippen molar-refractivity contribution in [2.75, 3.05) is 5.75 Å². The minimum atomic E-state index is -0.320. The second-order valence-electron chi connectivity index (χ2n) is 4.36. The average Bonchev–Trinajstić information content (AvgIpc) is 2.71. The van der Waals surface area contributed by atoms with Crippen molar-refractivity contribution >= 4 is 11.8 Å². The van der Waals surface area contributed by atoms with E-state index in [1.54, 1.807) is 0 Å². The third-order valence-corrected chi connectivity index (χ3v) is 4.33. The monoisotopic (exact) mass is 232 g/mol. The molecule has 3 heteroatoms. The second-order valence-corrected chi connectivity index (χ2v) is 5.79. The van der Waals surface area contributed by atoms with Crippen molar-refractivity contribution in [2.45, 2.75) is 30.7 Å². The van der Waals surface area contributed by atoms with E-state index in [0.29, 0.717) is 5.25 Å². The predicted molar refractivity (Wildman–Crippen MR) is 68.2 cm³/mol. The summed E-state index contributed by atoms with van der Waals surface area (Å²) in [7, 11) is 0. The molecule has 2 atom stereocenters. The van der Waals surface area contributed by atoms with Gasteiger partial charge in [0.05, 0.1) is 6.07 Å². The van der Waals surface area contributed by atoms with Gasteiger partial charge in [0.2, 0.25) is 0 Å². The van der Waals surface area contributed by atoms with E-state index in [-0.39, 0.29) is 5.54 Å². The molecule has 1 aromatic rings. The summed E-state index contributed by atoms with van der Waals surface area (Å²) in [5.41, 5.74) is 0.918. The van der Waals surface area contributed by atoms with Gasteiger partial charge in [-0.1, -0.05) is 37.3 Å². The SMILES string of the molecule is CC1CC(C#N)(NCc2ccccc2)CS1. The zero-order valence-electron chi connectivity index (χ0n) is 9.44. The van der Waals surface area contributed by atoms with Crippen LogP contribution < -0.4 is 5.32 Å². The summed E-state index contributed by atoms with van der Waals surface area (Å²) < 4.78 is 0. The van der Waals surface area contributed by atoms with Crippen molar-refractivity contribution in [2.24, 2.45) is 0 Å². The van der Waals surface area contributed by atoms with E-state index in [1.165, 1.54) is 5.56 Å². The summed E-state index contributed by atoms with van der Waals surface area (Å²) in [4.78, 5) is 0. The van der Waals surface area contributed by atoms with Crippen LogP contribution in [0.3, 0.4) is 0 Å². The number of benzene rings is 1. The average molecular weight is 232 g/mol. The van der Waals surface area contributed by atoms with E-state index in [4.69, 9.17) is 0 Å². The zero-order valence-corrected chi connectivity index (χ0v) is 10.3. The molecule has 2 unspecified atom stereocenters. The van der Waals surface area contributed by atoms with Crippen LogP contribution in [0.2, 0.25) is 0 Å². The van der Waals surface area contributed by atoms with Crippen LogP contribution in [-0.2, 0) is 6.54 Å². The van der Waals surface area contributed by atoms with E-state index < -0.39 is 0 Å². The molecule has 2 nitrogen and oxygen atoms in total. The minimum Gasteiger partial charge on any atom is -0.295 e. The maximum absolute atomic E-state index is 9.29. The highest BCUT2D eigenvalue weighted by Gasteiger charge is 2.37. The van der Waals surface area contributed by atoms with E-state index in [9.17, 15) is 5.26 Å². The van der Waals surface area contributed by atoms with Crippen molar-refractivity contribution in [1.82, 2.24) is 5.32 Å². The van der Waals surface area contributed by atoms with E-state index in [1.807, 2.05) is 30.0 Å². The fraction of sp³-hybridized carbons (Fsp3) is 0.462. The van der Waals surface area contributed by atoms with Crippen molar-refractivity contribution < 1.29 is 0 Å². The molecule has 0 radical (unpaired) electrons. The Bertz CT molecular complexity index is 385. The lowest BCUT2D eigenvalue weighted by molar-refractivity contribution is 0.440. The minimum absolute atomic E-state index is 0.320. The number of rotatable bonds is 3. The molecule has 0 saturated carbocycles. The Morgan fingerprint density at radius 2 is 2.25 bits per heavy atom. The normalized spacial score (nSPS) is 28.9. The first-order valence-corrected chi connectivity index (χ1v) is 6.61. The van der Waals surface area contributed by atoms with Crippen LogP contribution in [0, 0.1) is 11.3 Å². The molecule has 84 valence electrons. The van der Waals surface area contributed by atoms with Crippen LogP contribution in [-0.4, -0.2) is 16.5 Å². The molecule has 16 heavy (non-hydrogen) atoms. The Labute approximate surface area is 101 Å². The van der Waals surface area contributed by atoms with Crippen LogP contribution in [0.15, 0.2) is 30.3 Å². The quantitative estimate of drug-likeness (QED) is 0.870. The van der Waals surface area contributed by atoms with E-state index in [2.05, 4.69) is 30.4 Å². The molecule has 1 N–H and O–H groups in total. The number of hydrogen-bond acceptors (Lipinski definition) is 3.